The highest BCUT2D eigenvalue weighted by molar-refractivity contribution is 7.12. The van der Waals surface area contributed by atoms with E-state index in [-0.39, 0.29) is 0 Å². The van der Waals surface area contributed by atoms with Crippen molar-refractivity contribution in [3.63, 3.8) is 0 Å². The second kappa shape index (κ2) is 4.11. The predicted octanol–water partition coefficient (Wildman–Crippen LogP) is 4.96. The van der Waals surface area contributed by atoms with Gasteiger partial charge in [-0.25, -0.2) is 4.98 Å². The molecule has 17 heavy (non-hydrogen) atoms. The maximum absolute atomic E-state index is 6.19. The minimum absolute atomic E-state index is 0.747. The standard InChI is InChI=1S/C14H14ClNS/c1-8-3-4-11(7-12(8)15)13-14(10-5-6-10)17-9(2)16-13/h3-4,7,10H,5-6H2,1-2H3. The monoisotopic (exact) mass is 263 g/mol. The summed E-state index contributed by atoms with van der Waals surface area (Å²) in [5.41, 5.74) is 3.43. The number of nitrogens with zero attached hydrogens (tertiary/aromatic N) is 1. The number of benzene rings is 1. The molecule has 0 N–H and O–H groups in total. The van der Waals surface area contributed by atoms with E-state index in [4.69, 9.17) is 11.6 Å². The van der Waals surface area contributed by atoms with E-state index in [1.54, 1.807) is 0 Å². The van der Waals surface area contributed by atoms with Crippen LogP contribution in [0.3, 0.4) is 0 Å². The van der Waals surface area contributed by atoms with Crippen LogP contribution < -0.4 is 0 Å². The molecule has 3 rings (SSSR count). The summed E-state index contributed by atoms with van der Waals surface area (Å²) >= 11 is 8.03. The van der Waals surface area contributed by atoms with Crippen LogP contribution in [-0.4, -0.2) is 4.98 Å². The van der Waals surface area contributed by atoms with Gasteiger partial charge < -0.3 is 0 Å². The highest BCUT2D eigenvalue weighted by atomic mass is 35.5. The fourth-order valence-corrected chi connectivity index (χ4v) is 3.31. The quantitative estimate of drug-likeness (QED) is 0.746. The maximum atomic E-state index is 6.19. The van der Waals surface area contributed by atoms with E-state index in [1.807, 2.05) is 24.3 Å². The molecule has 1 nitrogen and oxygen atoms in total. The molecule has 0 atom stereocenters. The van der Waals surface area contributed by atoms with Crippen LogP contribution >= 0.6 is 22.9 Å². The lowest BCUT2D eigenvalue weighted by atomic mass is 10.1. The molecule has 1 aliphatic carbocycles. The molecule has 3 heteroatoms. The van der Waals surface area contributed by atoms with Crippen molar-refractivity contribution in [2.75, 3.05) is 0 Å². The third-order valence-electron chi connectivity index (χ3n) is 3.15. The van der Waals surface area contributed by atoms with Gasteiger partial charge in [0.15, 0.2) is 0 Å². The third-order valence-corrected chi connectivity index (χ3v) is 4.69. The molecule has 1 fully saturated rings. The first-order valence-electron chi connectivity index (χ1n) is 5.89. The van der Waals surface area contributed by atoms with Gasteiger partial charge in [-0.05, 0) is 44.2 Å². The Morgan fingerprint density at radius 2 is 2.06 bits per heavy atom. The summed E-state index contributed by atoms with van der Waals surface area (Å²) < 4.78 is 0. The first-order valence-corrected chi connectivity index (χ1v) is 7.08. The summed E-state index contributed by atoms with van der Waals surface area (Å²) in [4.78, 5) is 6.12. The maximum Gasteiger partial charge on any atom is 0.0904 e. The zero-order chi connectivity index (χ0) is 12.0. The van der Waals surface area contributed by atoms with E-state index in [0.29, 0.717) is 0 Å². The summed E-state index contributed by atoms with van der Waals surface area (Å²) in [6.07, 6.45) is 2.63. The van der Waals surface area contributed by atoms with E-state index in [0.717, 1.165) is 32.8 Å². The van der Waals surface area contributed by atoms with Crippen LogP contribution in [0.1, 0.15) is 34.2 Å². The van der Waals surface area contributed by atoms with Crippen LogP contribution in [0.25, 0.3) is 11.3 Å². The van der Waals surface area contributed by atoms with Crippen LogP contribution in [0.2, 0.25) is 5.02 Å². The summed E-state index contributed by atoms with van der Waals surface area (Å²) in [5.74, 6) is 0.747. The molecule has 0 saturated heterocycles. The third kappa shape index (κ3) is 2.12. The van der Waals surface area contributed by atoms with Gasteiger partial charge >= 0.3 is 0 Å². The molecule has 88 valence electrons. The van der Waals surface area contributed by atoms with Crippen molar-refractivity contribution in [3.8, 4) is 11.3 Å². The van der Waals surface area contributed by atoms with E-state index in [9.17, 15) is 0 Å². The second-order valence-electron chi connectivity index (χ2n) is 4.68. The number of aryl methyl sites for hydroxylation is 2. The number of hydrogen-bond acceptors (Lipinski definition) is 2. The van der Waals surface area contributed by atoms with E-state index >= 15 is 0 Å². The zero-order valence-corrected chi connectivity index (χ0v) is 11.5. The van der Waals surface area contributed by atoms with Crippen molar-refractivity contribution < 1.29 is 0 Å². The average Bonchev–Trinajstić information content (AvgIpc) is 3.06. The van der Waals surface area contributed by atoms with Gasteiger partial charge in [0, 0.05) is 15.5 Å². The Morgan fingerprint density at radius 1 is 1.29 bits per heavy atom. The SMILES string of the molecule is Cc1nc(-c2ccc(C)c(Cl)c2)c(C2CC2)s1. The molecule has 0 spiro atoms. The number of hydrogen-bond donors (Lipinski definition) is 0. The number of aromatic nitrogens is 1. The van der Waals surface area contributed by atoms with E-state index in [2.05, 4.69) is 24.0 Å². The molecule has 0 radical (unpaired) electrons. The Bertz CT molecular complexity index is 570. The Kier molecular flexibility index (Phi) is 2.72. The van der Waals surface area contributed by atoms with Crippen molar-refractivity contribution in [3.05, 3.63) is 38.7 Å². The number of halogens is 1. The molecule has 1 aliphatic rings. The van der Waals surface area contributed by atoms with Gasteiger partial charge in [-0.1, -0.05) is 23.7 Å². The van der Waals surface area contributed by atoms with Gasteiger partial charge in [-0.15, -0.1) is 11.3 Å². The highest BCUT2D eigenvalue weighted by Gasteiger charge is 2.29. The largest absolute Gasteiger partial charge is 0.241 e. The van der Waals surface area contributed by atoms with Crippen LogP contribution in [0.5, 0.6) is 0 Å². The molecular weight excluding hydrogens is 250 g/mol. The van der Waals surface area contributed by atoms with Crippen LogP contribution in [0, 0.1) is 13.8 Å². The van der Waals surface area contributed by atoms with Gasteiger partial charge in [0.25, 0.3) is 0 Å². The summed E-state index contributed by atoms with van der Waals surface area (Å²) in [5, 5.41) is 1.98. The molecule has 0 unspecified atom stereocenters. The lowest BCUT2D eigenvalue weighted by Gasteiger charge is -2.03. The van der Waals surface area contributed by atoms with Crippen LogP contribution in [-0.2, 0) is 0 Å². The Labute approximate surface area is 110 Å². The predicted molar refractivity (Wildman–Crippen MR) is 74.0 cm³/mol. The van der Waals surface area contributed by atoms with Crippen molar-refractivity contribution in [1.29, 1.82) is 0 Å². The first kappa shape index (κ1) is 11.2. The van der Waals surface area contributed by atoms with Crippen molar-refractivity contribution >= 4 is 22.9 Å². The molecule has 1 aromatic carbocycles. The van der Waals surface area contributed by atoms with Gasteiger partial charge in [0.05, 0.1) is 10.7 Å². The molecule has 0 aliphatic heterocycles. The summed E-state index contributed by atoms with van der Waals surface area (Å²) in [6, 6.07) is 6.24. The Morgan fingerprint density at radius 3 is 2.71 bits per heavy atom. The van der Waals surface area contributed by atoms with Gasteiger partial charge in [-0.2, -0.15) is 0 Å². The van der Waals surface area contributed by atoms with Crippen LogP contribution in [0.4, 0.5) is 0 Å². The molecule has 1 heterocycles. The van der Waals surface area contributed by atoms with Gasteiger partial charge in [0.2, 0.25) is 0 Å². The first-order chi connectivity index (χ1) is 8.15. The summed E-state index contributed by atoms with van der Waals surface area (Å²) in [7, 11) is 0. The molecule has 1 saturated carbocycles. The highest BCUT2D eigenvalue weighted by Crippen LogP contribution is 2.47. The van der Waals surface area contributed by atoms with Crippen molar-refractivity contribution in [1.82, 2.24) is 4.98 Å². The molecule has 0 amide bonds. The summed E-state index contributed by atoms with van der Waals surface area (Å²) in [6.45, 7) is 4.11. The minimum Gasteiger partial charge on any atom is -0.241 e. The molecule has 1 aromatic heterocycles. The Hall–Kier alpha value is -0.860. The lowest BCUT2D eigenvalue weighted by molar-refractivity contribution is 1.16. The normalized spacial score (nSPS) is 15.2. The lowest BCUT2D eigenvalue weighted by Crippen LogP contribution is -1.85. The molecule has 2 aromatic rings. The second-order valence-corrected chi connectivity index (χ2v) is 6.33. The molecule has 0 bridgehead atoms. The fourth-order valence-electron chi connectivity index (χ4n) is 2.01. The van der Waals surface area contributed by atoms with Crippen molar-refractivity contribution in [2.45, 2.75) is 32.6 Å². The topological polar surface area (TPSA) is 12.9 Å². The fraction of sp³-hybridized carbons (Fsp3) is 0.357. The molecular formula is C14H14ClNS. The number of thiazole rings is 1. The minimum atomic E-state index is 0.747. The van der Waals surface area contributed by atoms with E-state index in [1.165, 1.54) is 17.7 Å². The number of rotatable bonds is 2. The van der Waals surface area contributed by atoms with Crippen LogP contribution in [0.15, 0.2) is 18.2 Å². The van der Waals surface area contributed by atoms with Gasteiger partial charge in [-0.3, -0.25) is 0 Å². The average molecular weight is 264 g/mol. The van der Waals surface area contributed by atoms with E-state index < -0.39 is 0 Å². The zero-order valence-electron chi connectivity index (χ0n) is 9.96. The van der Waals surface area contributed by atoms with Gasteiger partial charge in [0.1, 0.15) is 0 Å². The smallest absolute Gasteiger partial charge is 0.0904 e. The Balaban J connectivity index is 2.10. The van der Waals surface area contributed by atoms with Crippen molar-refractivity contribution in [2.24, 2.45) is 0 Å².